The van der Waals surface area contributed by atoms with E-state index in [1.165, 1.54) is 0 Å². The standard InChI is InChI=1S/C14H29N3O/c1-5-8-17(10-9-16(3)4)14(18)13-7-6-12(2)15-11-13/h12-13,15H,5-11H2,1-4H3. The zero-order valence-corrected chi connectivity index (χ0v) is 12.4. The number of nitrogens with one attached hydrogen (secondary N) is 1. The van der Waals surface area contributed by atoms with Gasteiger partial charge in [-0.05, 0) is 40.3 Å². The van der Waals surface area contributed by atoms with Gasteiger partial charge in [0.25, 0.3) is 0 Å². The van der Waals surface area contributed by atoms with Crippen LogP contribution in [0.4, 0.5) is 0 Å². The Morgan fingerprint density at radius 3 is 2.44 bits per heavy atom. The molecule has 1 N–H and O–H groups in total. The molecule has 106 valence electrons. The molecule has 2 unspecified atom stereocenters. The summed E-state index contributed by atoms with van der Waals surface area (Å²) in [6, 6.07) is 0.565. The lowest BCUT2D eigenvalue weighted by Gasteiger charge is -2.32. The fraction of sp³-hybridized carbons (Fsp3) is 0.929. The molecular weight excluding hydrogens is 226 g/mol. The van der Waals surface area contributed by atoms with E-state index in [1.54, 1.807) is 0 Å². The van der Waals surface area contributed by atoms with E-state index in [-0.39, 0.29) is 5.92 Å². The van der Waals surface area contributed by atoms with Crippen molar-refractivity contribution in [1.82, 2.24) is 15.1 Å². The second kappa shape index (κ2) is 7.74. The van der Waals surface area contributed by atoms with Gasteiger partial charge in [0.1, 0.15) is 0 Å². The minimum atomic E-state index is 0.190. The second-order valence-electron chi connectivity index (χ2n) is 5.71. The largest absolute Gasteiger partial charge is 0.341 e. The molecule has 4 nitrogen and oxygen atoms in total. The summed E-state index contributed by atoms with van der Waals surface area (Å²) in [5, 5.41) is 3.42. The first-order valence-electron chi connectivity index (χ1n) is 7.21. The highest BCUT2D eigenvalue weighted by molar-refractivity contribution is 5.79. The van der Waals surface area contributed by atoms with Crippen LogP contribution in [-0.2, 0) is 4.79 Å². The maximum atomic E-state index is 12.5. The van der Waals surface area contributed by atoms with E-state index in [2.05, 4.69) is 38.2 Å². The van der Waals surface area contributed by atoms with Crippen LogP contribution < -0.4 is 5.32 Å². The number of nitrogens with zero attached hydrogens (tertiary/aromatic N) is 2. The second-order valence-corrected chi connectivity index (χ2v) is 5.71. The Hall–Kier alpha value is -0.610. The summed E-state index contributed by atoms with van der Waals surface area (Å²) in [4.78, 5) is 16.7. The highest BCUT2D eigenvalue weighted by Crippen LogP contribution is 2.17. The topological polar surface area (TPSA) is 35.6 Å². The molecule has 0 aromatic heterocycles. The van der Waals surface area contributed by atoms with Crippen molar-refractivity contribution in [3.63, 3.8) is 0 Å². The van der Waals surface area contributed by atoms with Crippen LogP contribution in [0.15, 0.2) is 0 Å². The average Bonchev–Trinajstić information content (AvgIpc) is 2.34. The minimum absolute atomic E-state index is 0.190. The molecule has 1 fully saturated rings. The maximum Gasteiger partial charge on any atom is 0.227 e. The lowest BCUT2D eigenvalue weighted by molar-refractivity contribution is -0.136. The SMILES string of the molecule is CCCN(CCN(C)C)C(=O)C1CCC(C)NC1. The minimum Gasteiger partial charge on any atom is -0.341 e. The quantitative estimate of drug-likeness (QED) is 0.774. The van der Waals surface area contributed by atoms with Crippen LogP contribution in [0.25, 0.3) is 0 Å². The Morgan fingerprint density at radius 2 is 1.94 bits per heavy atom. The first-order chi connectivity index (χ1) is 8.54. The smallest absolute Gasteiger partial charge is 0.227 e. The summed E-state index contributed by atoms with van der Waals surface area (Å²) in [6.07, 6.45) is 3.19. The predicted octanol–water partition coefficient (Wildman–Crippen LogP) is 1.17. The molecule has 0 aromatic rings. The third-order valence-corrected chi connectivity index (χ3v) is 3.63. The number of carbonyl (C=O) groups is 1. The fourth-order valence-corrected chi connectivity index (χ4v) is 2.39. The van der Waals surface area contributed by atoms with E-state index in [0.29, 0.717) is 11.9 Å². The number of amides is 1. The van der Waals surface area contributed by atoms with E-state index in [1.807, 2.05) is 4.90 Å². The molecular formula is C14H29N3O. The molecule has 1 aliphatic heterocycles. The zero-order chi connectivity index (χ0) is 13.5. The van der Waals surface area contributed by atoms with Crippen molar-refractivity contribution in [3.05, 3.63) is 0 Å². The molecule has 0 radical (unpaired) electrons. The molecule has 1 aliphatic rings. The van der Waals surface area contributed by atoms with Crippen LogP contribution in [0.3, 0.4) is 0 Å². The number of piperidine rings is 1. The van der Waals surface area contributed by atoms with E-state index in [9.17, 15) is 4.79 Å². The Balaban J connectivity index is 2.47. The van der Waals surface area contributed by atoms with Gasteiger partial charge in [-0.2, -0.15) is 0 Å². The summed E-state index contributed by atoms with van der Waals surface area (Å²) >= 11 is 0. The average molecular weight is 255 g/mol. The van der Waals surface area contributed by atoms with Crippen LogP contribution in [0, 0.1) is 5.92 Å². The van der Waals surface area contributed by atoms with Gasteiger partial charge < -0.3 is 15.1 Å². The third kappa shape index (κ3) is 4.94. The van der Waals surface area contributed by atoms with Crippen molar-refractivity contribution in [1.29, 1.82) is 0 Å². The van der Waals surface area contributed by atoms with Crippen LogP contribution in [0.1, 0.15) is 33.1 Å². The lowest BCUT2D eigenvalue weighted by Crippen LogP contribution is -2.47. The van der Waals surface area contributed by atoms with Gasteiger partial charge in [0.05, 0.1) is 5.92 Å². The van der Waals surface area contributed by atoms with Gasteiger partial charge in [-0.1, -0.05) is 6.92 Å². The molecule has 1 rings (SSSR count). The van der Waals surface area contributed by atoms with Gasteiger partial charge in [0, 0.05) is 32.2 Å². The lowest BCUT2D eigenvalue weighted by atomic mass is 9.94. The van der Waals surface area contributed by atoms with Gasteiger partial charge in [-0.15, -0.1) is 0 Å². The molecule has 1 saturated heterocycles. The van der Waals surface area contributed by atoms with Crippen molar-refractivity contribution in [3.8, 4) is 0 Å². The highest BCUT2D eigenvalue weighted by Gasteiger charge is 2.27. The van der Waals surface area contributed by atoms with Crippen molar-refractivity contribution in [2.24, 2.45) is 5.92 Å². The summed E-state index contributed by atoms with van der Waals surface area (Å²) in [5.41, 5.74) is 0. The molecule has 0 spiro atoms. The van der Waals surface area contributed by atoms with Crippen LogP contribution in [0.5, 0.6) is 0 Å². The zero-order valence-electron chi connectivity index (χ0n) is 12.4. The van der Waals surface area contributed by atoms with Crippen molar-refractivity contribution in [2.45, 2.75) is 39.2 Å². The number of rotatable bonds is 6. The fourth-order valence-electron chi connectivity index (χ4n) is 2.39. The summed E-state index contributed by atoms with van der Waals surface area (Å²) in [5.74, 6) is 0.535. The van der Waals surface area contributed by atoms with Gasteiger partial charge in [0.15, 0.2) is 0 Å². The van der Waals surface area contributed by atoms with Crippen LogP contribution in [0.2, 0.25) is 0 Å². The summed E-state index contributed by atoms with van der Waals surface area (Å²) in [6.45, 7) is 7.86. The Morgan fingerprint density at radius 1 is 1.22 bits per heavy atom. The van der Waals surface area contributed by atoms with Crippen molar-refractivity contribution in [2.75, 3.05) is 40.3 Å². The normalized spacial score (nSPS) is 24.3. The first kappa shape index (κ1) is 15.4. The van der Waals surface area contributed by atoms with Gasteiger partial charge >= 0.3 is 0 Å². The van der Waals surface area contributed by atoms with Crippen LogP contribution >= 0.6 is 0 Å². The van der Waals surface area contributed by atoms with E-state index in [0.717, 1.165) is 45.4 Å². The van der Waals surface area contributed by atoms with E-state index in [4.69, 9.17) is 0 Å². The van der Waals surface area contributed by atoms with Crippen molar-refractivity contribution >= 4 is 5.91 Å². The Labute approximate surface area is 112 Å². The van der Waals surface area contributed by atoms with E-state index < -0.39 is 0 Å². The van der Waals surface area contributed by atoms with Gasteiger partial charge in [-0.25, -0.2) is 0 Å². The van der Waals surface area contributed by atoms with Crippen molar-refractivity contribution < 1.29 is 4.79 Å². The highest BCUT2D eigenvalue weighted by atomic mass is 16.2. The maximum absolute atomic E-state index is 12.5. The van der Waals surface area contributed by atoms with Crippen LogP contribution in [-0.4, -0.2) is 62.0 Å². The molecule has 2 atom stereocenters. The number of hydrogen-bond acceptors (Lipinski definition) is 3. The third-order valence-electron chi connectivity index (χ3n) is 3.63. The Kier molecular flexibility index (Phi) is 6.65. The molecule has 0 aliphatic carbocycles. The molecule has 1 amide bonds. The predicted molar refractivity (Wildman–Crippen MR) is 75.6 cm³/mol. The first-order valence-corrected chi connectivity index (χ1v) is 7.21. The summed E-state index contributed by atoms with van der Waals surface area (Å²) < 4.78 is 0. The molecule has 4 heteroatoms. The van der Waals surface area contributed by atoms with Gasteiger partial charge in [0.2, 0.25) is 5.91 Å². The number of carbonyl (C=O) groups excluding carboxylic acids is 1. The summed E-state index contributed by atoms with van der Waals surface area (Å²) in [7, 11) is 4.11. The van der Waals surface area contributed by atoms with E-state index >= 15 is 0 Å². The Bertz CT molecular complexity index is 247. The monoisotopic (exact) mass is 255 g/mol. The molecule has 0 bridgehead atoms. The molecule has 1 heterocycles. The van der Waals surface area contributed by atoms with Gasteiger partial charge in [-0.3, -0.25) is 4.79 Å². The molecule has 0 saturated carbocycles. The number of likely N-dealkylation sites (N-methyl/N-ethyl adjacent to an activating group) is 1. The molecule has 18 heavy (non-hydrogen) atoms. The molecule has 0 aromatic carbocycles. The number of hydrogen-bond donors (Lipinski definition) is 1.